The molecule has 0 radical (unpaired) electrons. The molecule has 1 aromatic carbocycles. The number of thiophene rings is 1. The zero-order chi connectivity index (χ0) is 14.7. The van der Waals surface area contributed by atoms with E-state index in [1.807, 2.05) is 29.6 Å². The number of hydrogen-bond acceptors (Lipinski definition) is 5. The molecule has 0 atom stereocenters. The van der Waals surface area contributed by atoms with Gasteiger partial charge in [-0.25, -0.2) is 4.98 Å². The number of aromatic nitrogens is 1. The van der Waals surface area contributed by atoms with Gasteiger partial charge in [0.2, 0.25) is 5.91 Å². The number of carbonyl (C=O) groups excluding carboxylic acids is 1. The molecule has 2 aromatic heterocycles. The topological polar surface area (TPSA) is 68.0 Å². The molecule has 0 saturated heterocycles. The summed E-state index contributed by atoms with van der Waals surface area (Å²) in [6, 6.07) is 9.95. The van der Waals surface area contributed by atoms with Crippen LogP contribution in [0.3, 0.4) is 0 Å². The van der Waals surface area contributed by atoms with Crippen molar-refractivity contribution in [3.8, 4) is 10.6 Å². The first-order valence-electron chi connectivity index (χ1n) is 6.33. The van der Waals surface area contributed by atoms with Crippen molar-refractivity contribution in [2.45, 2.75) is 6.54 Å². The van der Waals surface area contributed by atoms with Crippen LogP contribution in [0.25, 0.3) is 10.6 Å². The molecule has 0 aliphatic carbocycles. The van der Waals surface area contributed by atoms with E-state index in [-0.39, 0.29) is 5.91 Å². The molecule has 0 unspecified atom stereocenters. The van der Waals surface area contributed by atoms with Gasteiger partial charge in [0.15, 0.2) is 0 Å². The highest BCUT2D eigenvalue weighted by molar-refractivity contribution is 7.13. The quantitative estimate of drug-likeness (QED) is 0.756. The van der Waals surface area contributed by atoms with E-state index in [2.05, 4.69) is 16.4 Å². The fourth-order valence-electron chi connectivity index (χ4n) is 1.92. The van der Waals surface area contributed by atoms with Gasteiger partial charge in [-0.15, -0.1) is 22.7 Å². The maximum Gasteiger partial charge on any atom is 0.249 e. The lowest BCUT2D eigenvalue weighted by Crippen LogP contribution is -2.09. The zero-order valence-corrected chi connectivity index (χ0v) is 12.7. The molecule has 3 aromatic rings. The Hall–Kier alpha value is -2.18. The zero-order valence-electron chi connectivity index (χ0n) is 11.1. The number of benzene rings is 1. The summed E-state index contributed by atoms with van der Waals surface area (Å²) in [7, 11) is 0. The Morgan fingerprint density at radius 1 is 1.29 bits per heavy atom. The van der Waals surface area contributed by atoms with Gasteiger partial charge in [0.1, 0.15) is 5.01 Å². The average molecular weight is 315 g/mol. The van der Waals surface area contributed by atoms with Crippen LogP contribution in [0.2, 0.25) is 0 Å². The van der Waals surface area contributed by atoms with Crippen molar-refractivity contribution in [2.24, 2.45) is 5.73 Å². The van der Waals surface area contributed by atoms with E-state index in [9.17, 15) is 4.79 Å². The van der Waals surface area contributed by atoms with Crippen molar-refractivity contribution < 1.29 is 4.79 Å². The molecule has 0 spiro atoms. The van der Waals surface area contributed by atoms with Crippen molar-refractivity contribution in [2.75, 3.05) is 5.32 Å². The number of carbonyl (C=O) groups is 1. The van der Waals surface area contributed by atoms with Crippen molar-refractivity contribution in [1.82, 2.24) is 4.98 Å². The predicted octanol–water partition coefficient (Wildman–Crippen LogP) is 3.58. The van der Waals surface area contributed by atoms with Gasteiger partial charge >= 0.3 is 0 Å². The van der Waals surface area contributed by atoms with Crippen molar-refractivity contribution in [3.05, 3.63) is 57.7 Å². The van der Waals surface area contributed by atoms with Gasteiger partial charge < -0.3 is 11.1 Å². The fraction of sp³-hybridized carbons (Fsp3) is 0.0667. The number of nitrogens with zero attached hydrogens (tertiary/aromatic N) is 1. The van der Waals surface area contributed by atoms with E-state index in [1.54, 1.807) is 22.9 Å². The Labute approximate surface area is 130 Å². The minimum atomic E-state index is -0.386. The van der Waals surface area contributed by atoms with Crippen LogP contribution in [-0.4, -0.2) is 10.9 Å². The Morgan fingerprint density at radius 2 is 2.19 bits per heavy atom. The number of thiazole rings is 1. The summed E-state index contributed by atoms with van der Waals surface area (Å²) < 4.78 is 0. The van der Waals surface area contributed by atoms with E-state index in [0.717, 1.165) is 21.1 Å². The van der Waals surface area contributed by atoms with E-state index < -0.39 is 0 Å². The van der Waals surface area contributed by atoms with Gasteiger partial charge in [-0.2, -0.15) is 0 Å². The molecular weight excluding hydrogens is 302 g/mol. The molecule has 3 rings (SSSR count). The largest absolute Gasteiger partial charge is 0.380 e. The number of nitrogens with two attached hydrogens (primary N) is 1. The number of anilines is 1. The summed E-state index contributed by atoms with van der Waals surface area (Å²) in [4.78, 5) is 16.4. The Balaban J connectivity index is 1.70. The van der Waals surface area contributed by atoms with Crippen molar-refractivity contribution >= 4 is 34.3 Å². The highest BCUT2D eigenvalue weighted by Gasteiger charge is 2.05. The molecule has 0 saturated carbocycles. The summed E-state index contributed by atoms with van der Waals surface area (Å²) >= 11 is 3.14. The maximum absolute atomic E-state index is 11.1. The van der Waals surface area contributed by atoms with Gasteiger partial charge in [-0.05, 0) is 18.2 Å². The van der Waals surface area contributed by atoms with Crippen LogP contribution >= 0.6 is 22.7 Å². The van der Waals surface area contributed by atoms with Gasteiger partial charge in [-0.3, -0.25) is 4.79 Å². The Morgan fingerprint density at radius 3 is 2.90 bits per heavy atom. The summed E-state index contributed by atoms with van der Waals surface area (Å²) in [5.41, 5.74) is 7.93. The third-order valence-electron chi connectivity index (χ3n) is 2.95. The molecular formula is C15H13N3OS2. The van der Waals surface area contributed by atoms with E-state index in [0.29, 0.717) is 12.1 Å². The van der Waals surface area contributed by atoms with Crippen LogP contribution in [0.1, 0.15) is 15.2 Å². The van der Waals surface area contributed by atoms with Crippen LogP contribution < -0.4 is 11.1 Å². The second kappa shape index (κ2) is 6.07. The summed E-state index contributed by atoms with van der Waals surface area (Å²) in [5, 5.41) is 8.10. The number of hydrogen-bond donors (Lipinski definition) is 2. The first kappa shape index (κ1) is 13.8. The number of amides is 1. The van der Waals surface area contributed by atoms with Gasteiger partial charge in [0, 0.05) is 39.6 Å². The van der Waals surface area contributed by atoms with Crippen LogP contribution in [0.4, 0.5) is 5.69 Å². The molecule has 106 valence electrons. The normalized spacial score (nSPS) is 10.5. The van der Waals surface area contributed by atoms with Gasteiger partial charge in [0.05, 0.1) is 5.56 Å². The van der Waals surface area contributed by atoms with E-state index in [4.69, 9.17) is 5.73 Å². The monoisotopic (exact) mass is 315 g/mol. The lowest BCUT2D eigenvalue weighted by Gasteiger charge is -2.06. The molecule has 0 aliphatic heterocycles. The third-order valence-corrected chi connectivity index (χ3v) is 4.71. The maximum atomic E-state index is 11.1. The van der Waals surface area contributed by atoms with Crippen LogP contribution in [0.15, 0.2) is 47.3 Å². The van der Waals surface area contributed by atoms with Gasteiger partial charge in [-0.1, -0.05) is 12.1 Å². The van der Waals surface area contributed by atoms with Crippen LogP contribution in [0.5, 0.6) is 0 Å². The average Bonchev–Trinajstić information content (AvgIpc) is 3.17. The molecule has 2 heterocycles. The predicted molar refractivity (Wildman–Crippen MR) is 87.7 cm³/mol. The number of rotatable bonds is 5. The second-order valence-corrected chi connectivity index (χ2v) is 6.33. The van der Waals surface area contributed by atoms with Gasteiger partial charge in [0.25, 0.3) is 0 Å². The van der Waals surface area contributed by atoms with Crippen molar-refractivity contribution in [3.63, 3.8) is 0 Å². The standard InChI is InChI=1S/C15H13N3OS2/c16-14(19)11-7-13(21-9-11)8-18-12-3-1-2-10(6-12)15-17-4-5-20-15/h1-7,9,18H,8H2,(H2,16,19). The molecule has 21 heavy (non-hydrogen) atoms. The summed E-state index contributed by atoms with van der Waals surface area (Å²) in [6.45, 7) is 0.666. The Bertz CT molecular complexity index is 750. The molecule has 6 heteroatoms. The minimum Gasteiger partial charge on any atom is -0.380 e. The lowest BCUT2D eigenvalue weighted by molar-refractivity contribution is 0.100. The van der Waals surface area contributed by atoms with Crippen LogP contribution in [-0.2, 0) is 6.54 Å². The minimum absolute atomic E-state index is 0.386. The van der Waals surface area contributed by atoms with E-state index in [1.165, 1.54) is 11.3 Å². The molecule has 3 N–H and O–H groups in total. The molecule has 4 nitrogen and oxygen atoms in total. The third kappa shape index (κ3) is 3.29. The van der Waals surface area contributed by atoms with Crippen LogP contribution in [0, 0.1) is 0 Å². The van der Waals surface area contributed by atoms with E-state index >= 15 is 0 Å². The smallest absolute Gasteiger partial charge is 0.249 e. The molecule has 0 bridgehead atoms. The number of nitrogens with one attached hydrogen (secondary N) is 1. The molecule has 0 aliphatic rings. The number of primary amides is 1. The first-order chi connectivity index (χ1) is 10.2. The summed E-state index contributed by atoms with van der Waals surface area (Å²) in [6.07, 6.45) is 1.80. The first-order valence-corrected chi connectivity index (χ1v) is 8.09. The molecule has 1 amide bonds. The highest BCUT2D eigenvalue weighted by Crippen LogP contribution is 2.25. The fourth-order valence-corrected chi connectivity index (χ4v) is 3.37. The SMILES string of the molecule is NC(=O)c1csc(CNc2cccc(-c3nccs3)c2)c1. The van der Waals surface area contributed by atoms with Crippen molar-refractivity contribution in [1.29, 1.82) is 0 Å². The second-order valence-electron chi connectivity index (χ2n) is 4.44. The highest BCUT2D eigenvalue weighted by atomic mass is 32.1. The lowest BCUT2D eigenvalue weighted by atomic mass is 10.2. The summed E-state index contributed by atoms with van der Waals surface area (Å²) in [5.74, 6) is -0.386. The Kier molecular flexibility index (Phi) is 3.98. The molecule has 0 fully saturated rings.